The SMILES string of the molecule is C[CH]CN=C(N)N. The predicted molar refractivity (Wildman–Crippen MR) is 30.7 cm³/mol. The second kappa shape index (κ2) is 3.46. The van der Waals surface area contributed by atoms with Crippen molar-refractivity contribution >= 4 is 5.96 Å². The van der Waals surface area contributed by atoms with E-state index in [0.29, 0.717) is 6.54 Å². The summed E-state index contributed by atoms with van der Waals surface area (Å²) in [4.78, 5) is 3.66. The zero-order valence-electron chi connectivity index (χ0n) is 4.39. The molecular formula is C4H10N3. The van der Waals surface area contributed by atoms with E-state index in [1.54, 1.807) is 0 Å². The monoisotopic (exact) mass is 100 g/mol. The van der Waals surface area contributed by atoms with E-state index in [2.05, 4.69) is 4.99 Å². The maximum atomic E-state index is 4.99. The summed E-state index contributed by atoms with van der Waals surface area (Å²) < 4.78 is 0. The van der Waals surface area contributed by atoms with Crippen LogP contribution in [0.2, 0.25) is 0 Å². The molecule has 3 nitrogen and oxygen atoms in total. The van der Waals surface area contributed by atoms with Crippen LogP contribution in [-0.2, 0) is 0 Å². The molecule has 0 fully saturated rings. The molecule has 0 saturated heterocycles. The maximum absolute atomic E-state index is 4.99. The van der Waals surface area contributed by atoms with Crippen LogP contribution in [-0.4, -0.2) is 12.5 Å². The second-order valence-electron chi connectivity index (χ2n) is 1.17. The number of aliphatic imine (C=N–C) groups is 1. The highest BCUT2D eigenvalue weighted by Crippen LogP contribution is 1.71. The lowest BCUT2D eigenvalue weighted by molar-refractivity contribution is 1.12. The molecule has 0 rings (SSSR count). The van der Waals surface area contributed by atoms with Crippen molar-refractivity contribution < 1.29 is 0 Å². The molecule has 0 atom stereocenters. The van der Waals surface area contributed by atoms with Crippen LogP contribution in [0.1, 0.15) is 6.92 Å². The van der Waals surface area contributed by atoms with Gasteiger partial charge in [0.1, 0.15) is 0 Å². The first-order chi connectivity index (χ1) is 3.27. The van der Waals surface area contributed by atoms with Crippen molar-refractivity contribution in [3.05, 3.63) is 6.42 Å². The van der Waals surface area contributed by atoms with Gasteiger partial charge in [-0.2, -0.15) is 0 Å². The molecule has 0 spiro atoms. The number of rotatable bonds is 2. The number of hydrogen-bond donors (Lipinski definition) is 2. The first-order valence-electron chi connectivity index (χ1n) is 2.10. The zero-order chi connectivity index (χ0) is 5.70. The molecule has 0 aromatic carbocycles. The smallest absolute Gasteiger partial charge is 0.185 e. The third-order valence-electron chi connectivity index (χ3n) is 0.456. The van der Waals surface area contributed by atoms with Crippen LogP contribution in [0, 0.1) is 6.42 Å². The number of guanidine groups is 1. The third kappa shape index (κ3) is 5.27. The van der Waals surface area contributed by atoms with Crippen LogP contribution in [0.25, 0.3) is 0 Å². The van der Waals surface area contributed by atoms with Crippen LogP contribution < -0.4 is 11.5 Å². The summed E-state index contributed by atoms with van der Waals surface area (Å²) in [5.74, 6) is 0.151. The fraction of sp³-hybridized carbons (Fsp3) is 0.500. The Kier molecular flexibility index (Phi) is 3.10. The van der Waals surface area contributed by atoms with Gasteiger partial charge >= 0.3 is 0 Å². The van der Waals surface area contributed by atoms with Crippen molar-refractivity contribution in [2.45, 2.75) is 6.92 Å². The summed E-state index contributed by atoms with van der Waals surface area (Å²) in [5.41, 5.74) is 9.97. The topological polar surface area (TPSA) is 64.4 Å². The van der Waals surface area contributed by atoms with Crippen molar-refractivity contribution in [3.8, 4) is 0 Å². The first kappa shape index (κ1) is 6.27. The lowest BCUT2D eigenvalue weighted by atomic mass is 10.5. The fourth-order valence-electron chi connectivity index (χ4n) is 0.197. The van der Waals surface area contributed by atoms with Gasteiger partial charge in [0.15, 0.2) is 5.96 Å². The normalized spacial score (nSPS) is 8.14. The van der Waals surface area contributed by atoms with Crippen LogP contribution in [0.15, 0.2) is 4.99 Å². The van der Waals surface area contributed by atoms with Crippen molar-refractivity contribution in [2.75, 3.05) is 6.54 Å². The Bertz CT molecular complexity index is 63.3. The predicted octanol–water partition coefficient (Wildman–Crippen LogP) is -0.516. The molecule has 0 unspecified atom stereocenters. The van der Waals surface area contributed by atoms with Gasteiger partial charge in [0.2, 0.25) is 0 Å². The van der Waals surface area contributed by atoms with Gasteiger partial charge in [0.05, 0.1) is 0 Å². The molecule has 3 heteroatoms. The lowest BCUT2D eigenvalue weighted by Gasteiger charge is -1.86. The minimum Gasteiger partial charge on any atom is -0.370 e. The number of hydrogen-bond acceptors (Lipinski definition) is 1. The van der Waals surface area contributed by atoms with Crippen LogP contribution in [0.5, 0.6) is 0 Å². The molecule has 0 heterocycles. The van der Waals surface area contributed by atoms with Gasteiger partial charge in [-0.15, -0.1) is 0 Å². The molecule has 0 aromatic rings. The molecule has 0 bridgehead atoms. The van der Waals surface area contributed by atoms with E-state index < -0.39 is 0 Å². The minimum atomic E-state index is 0.151. The van der Waals surface area contributed by atoms with E-state index in [4.69, 9.17) is 11.5 Å². The Morgan fingerprint density at radius 3 is 2.43 bits per heavy atom. The average Bonchev–Trinajstić information content (AvgIpc) is 1.61. The molecule has 0 amide bonds. The molecule has 0 saturated carbocycles. The van der Waals surface area contributed by atoms with Gasteiger partial charge in [0.25, 0.3) is 0 Å². The van der Waals surface area contributed by atoms with E-state index in [9.17, 15) is 0 Å². The largest absolute Gasteiger partial charge is 0.370 e. The highest BCUT2D eigenvalue weighted by molar-refractivity contribution is 5.75. The maximum Gasteiger partial charge on any atom is 0.185 e. The van der Waals surface area contributed by atoms with E-state index in [1.807, 2.05) is 13.3 Å². The minimum absolute atomic E-state index is 0.151. The standard InChI is InChI=1S/C4H10N3/c1-2-3-7-4(5)6/h2H,3H2,1H3,(H4,5,6,7). The molecule has 0 aliphatic heterocycles. The number of nitrogens with two attached hydrogens (primary N) is 2. The zero-order valence-corrected chi connectivity index (χ0v) is 4.39. The Labute approximate surface area is 43.4 Å². The highest BCUT2D eigenvalue weighted by atomic mass is 15.0. The summed E-state index contributed by atoms with van der Waals surface area (Å²) in [6.45, 7) is 2.51. The van der Waals surface area contributed by atoms with E-state index in [0.717, 1.165) is 0 Å². The number of nitrogens with zero attached hydrogens (tertiary/aromatic N) is 1. The summed E-state index contributed by atoms with van der Waals surface area (Å²) >= 11 is 0. The van der Waals surface area contributed by atoms with Gasteiger partial charge in [-0.1, -0.05) is 6.92 Å². The quantitative estimate of drug-likeness (QED) is 0.362. The van der Waals surface area contributed by atoms with E-state index in [-0.39, 0.29) is 5.96 Å². The van der Waals surface area contributed by atoms with Gasteiger partial charge in [-0.05, 0) is 6.42 Å². The highest BCUT2D eigenvalue weighted by Gasteiger charge is 1.74. The summed E-state index contributed by atoms with van der Waals surface area (Å²) in [6, 6.07) is 0. The molecule has 7 heavy (non-hydrogen) atoms. The lowest BCUT2D eigenvalue weighted by Crippen LogP contribution is -2.22. The average molecular weight is 100 g/mol. The summed E-state index contributed by atoms with van der Waals surface area (Å²) in [6.07, 6.45) is 1.87. The Hall–Kier alpha value is -0.730. The fourth-order valence-corrected chi connectivity index (χ4v) is 0.197. The van der Waals surface area contributed by atoms with Crippen molar-refractivity contribution in [2.24, 2.45) is 16.5 Å². The third-order valence-corrected chi connectivity index (χ3v) is 0.456. The molecule has 4 N–H and O–H groups in total. The Balaban J connectivity index is 3.08. The van der Waals surface area contributed by atoms with Crippen molar-refractivity contribution in [1.82, 2.24) is 0 Å². The Morgan fingerprint density at radius 2 is 2.29 bits per heavy atom. The van der Waals surface area contributed by atoms with E-state index in [1.165, 1.54) is 0 Å². The van der Waals surface area contributed by atoms with Crippen LogP contribution >= 0.6 is 0 Å². The molecule has 0 aromatic heterocycles. The van der Waals surface area contributed by atoms with Crippen LogP contribution in [0.4, 0.5) is 0 Å². The summed E-state index contributed by atoms with van der Waals surface area (Å²) in [5, 5.41) is 0. The van der Waals surface area contributed by atoms with Gasteiger partial charge in [0, 0.05) is 6.54 Å². The van der Waals surface area contributed by atoms with Gasteiger partial charge in [-0.3, -0.25) is 4.99 Å². The molecule has 0 aliphatic carbocycles. The molecule has 41 valence electrons. The second-order valence-corrected chi connectivity index (χ2v) is 1.17. The van der Waals surface area contributed by atoms with Gasteiger partial charge < -0.3 is 11.5 Å². The van der Waals surface area contributed by atoms with Crippen molar-refractivity contribution in [1.29, 1.82) is 0 Å². The van der Waals surface area contributed by atoms with E-state index >= 15 is 0 Å². The Morgan fingerprint density at radius 1 is 1.71 bits per heavy atom. The van der Waals surface area contributed by atoms with Gasteiger partial charge in [-0.25, -0.2) is 0 Å². The first-order valence-corrected chi connectivity index (χ1v) is 2.10. The van der Waals surface area contributed by atoms with Crippen LogP contribution in [0.3, 0.4) is 0 Å². The van der Waals surface area contributed by atoms with Crippen molar-refractivity contribution in [3.63, 3.8) is 0 Å². The molecule has 0 aliphatic rings. The summed E-state index contributed by atoms with van der Waals surface area (Å²) in [7, 11) is 0. The molecule has 1 radical (unpaired) electrons. The molecular weight excluding hydrogens is 90.1 g/mol.